The fraction of sp³-hybridized carbons (Fsp3) is 0.429. The van der Waals surface area contributed by atoms with Crippen molar-refractivity contribution in [3.8, 4) is 0 Å². The Morgan fingerprint density at radius 1 is 1.40 bits per heavy atom. The molecule has 0 bridgehead atoms. The van der Waals surface area contributed by atoms with Gasteiger partial charge in [0.2, 0.25) is 0 Å². The number of carbonyl (C=O) groups excluding carboxylic acids is 1. The molecule has 0 fully saturated rings. The van der Waals surface area contributed by atoms with Crippen molar-refractivity contribution in [1.29, 1.82) is 0 Å². The molecule has 0 heterocycles. The summed E-state index contributed by atoms with van der Waals surface area (Å²) in [5, 5.41) is 11.9. The van der Waals surface area contributed by atoms with E-state index in [1.165, 1.54) is 13.3 Å². The lowest BCUT2D eigenvalue weighted by Crippen LogP contribution is -2.38. The fourth-order valence-electron chi connectivity index (χ4n) is 1.87. The number of likely N-dealkylation sites (N-methyl/N-ethyl adjacent to an activating group) is 1. The van der Waals surface area contributed by atoms with Crippen LogP contribution in [0.1, 0.15) is 31.0 Å². The van der Waals surface area contributed by atoms with Gasteiger partial charge in [-0.1, -0.05) is 24.3 Å². The Bertz CT molecular complexity index is 459. The summed E-state index contributed by atoms with van der Waals surface area (Å²) in [7, 11) is 3.28. The third-order valence-corrected chi connectivity index (χ3v) is 3.45. The smallest absolute Gasteiger partial charge is 0.322 e. The first-order chi connectivity index (χ1) is 9.51. The highest BCUT2D eigenvalue weighted by Crippen LogP contribution is 2.21. The van der Waals surface area contributed by atoms with Gasteiger partial charge < -0.3 is 4.74 Å². The van der Waals surface area contributed by atoms with Crippen molar-refractivity contribution >= 4 is 12.2 Å². The molecule has 0 spiro atoms. The van der Waals surface area contributed by atoms with E-state index in [-0.39, 0.29) is 18.1 Å². The number of rotatable bonds is 6. The number of ether oxygens (including phenoxy) is 1. The van der Waals surface area contributed by atoms with E-state index in [1.54, 1.807) is 5.59 Å². The first-order valence-corrected chi connectivity index (χ1v) is 6.33. The summed E-state index contributed by atoms with van der Waals surface area (Å²) in [5.74, 6) is -0.253. The maximum absolute atomic E-state index is 11.5. The molecule has 1 aromatic rings. The van der Waals surface area contributed by atoms with Gasteiger partial charge in [-0.05, 0) is 32.0 Å². The standard InChI is InChI=1S/C14H21N3O3/c1-10(17(3)11(2)14(18)20-4)13-7-5-12(6-8-13)9-15-16-19/h5-11,16,19H,1-4H3/b15-9-/t10-,11-/m0/s1. The number of nitrogens with zero attached hydrogens (tertiary/aromatic N) is 2. The highest BCUT2D eigenvalue weighted by molar-refractivity contribution is 5.79. The average molecular weight is 279 g/mol. The van der Waals surface area contributed by atoms with Crippen molar-refractivity contribution in [1.82, 2.24) is 10.5 Å². The number of hydrogen-bond donors (Lipinski definition) is 2. The molecule has 1 aromatic carbocycles. The Hall–Kier alpha value is -1.92. The Kier molecular flexibility index (Phi) is 6.14. The van der Waals surface area contributed by atoms with Crippen molar-refractivity contribution in [3.05, 3.63) is 35.4 Å². The molecule has 0 aromatic heterocycles. The van der Waals surface area contributed by atoms with E-state index in [4.69, 9.17) is 9.94 Å². The number of carbonyl (C=O) groups is 1. The quantitative estimate of drug-likeness (QED) is 0.469. The van der Waals surface area contributed by atoms with Gasteiger partial charge in [-0.25, -0.2) is 0 Å². The van der Waals surface area contributed by atoms with Gasteiger partial charge in [0.25, 0.3) is 0 Å². The van der Waals surface area contributed by atoms with Crippen LogP contribution in [0.5, 0.6) is 0 Å². The van der Waals surface area contributed by atoms with Gasteiger partial charge in [0.15, 0.2) is 0 Å². The van der Waals surface area contributed by atoms with Gasteiger partial charge in [-0.3, -0.25) is 14.9 Å². The van der Waals surface area contributed by atoms with Crippen LogP contribution < -0.4 is 5.59 Å². The van der Waals surface area contributed by atoms with Crippen molar-refractivity contribution in [2.24, 2.45) is 5.10 Å². The van der Waals surface area contributed by atoms with Crippen LogP contribution in [0.2, 0.25) is 0 Å². The molecule has 2 atom stereocenters. The third kappa shape index (κ3) is 4.04. The largest absolute Gasteiger partial charge is 0.468 e. The van der Waals surface area contributed by atoms with Gasteiger partial charge in [0.1, 0.15) is 6.04 Å². The molecule has 0 aliphatic heterocycles. The molecule has 1 rings (SSSR count). The van der Waals surface area contributed by atoms with Crippen LogP contribution in [0.3, 0.4) is 0 Å². The minimum atomic E-state index is -0.310. The molecule has 6 nitrogen and oxygen atoms in total. The van der Waals surface area contributed by atoms with Crippen LogP contribution in [0.25, 0.3) is 0 Å². The van der Waals surface area contributed by atoms with E-state index >= 15 is 0 Å². The zero-order chi connectivity index (χ0) is 15.1. The Labute approximate surface area is 119 Å². The van der Waals surface area contributed by atoms with Crippen LogP contribution in [0.4, 0.5) is 0 Å². The molecular weight excluding hydrogens is 258 g/mol. The van der Waals surface area contributed by atoms with Gasteiger partial charge in [-0.15, -0.1) is 0 Å². The Balaban J connectivity index is 2.78. The summed E-state index contributed by atoms with van der Waals surface area (Å²) in [4.78, 5) is 13.5. The molecular formula is C14H21N3O3. The van der Waals surface area contributed by atoms with E-state index in [1.807, 2.05) is 50.1 Å². The predicted octanol–water partition coefficient (Wildman–Crippen LogP) is 1.55. The third-order valence-electron chi connectivity index (χ3n) is 3.45. The molecule has 0 radical (unpaired) electrons. The van der Waals surface area contributed by atoms with E-state index in [2.05, 4.69) is 5.10 Å². The minimum Gasteiger partial charge on any atom is -0.468 e. The predicted molar refractivity (Wildman–Crippen MR) is 76.6 cm³/mol. The lowest BCUT2D eigenvalue weighted by molar-refractivity contribution is -0.146. The summed E-state index contributed by atoms with van der Waals surface area (Å²) in [6, 6.07) is 7.47. The molecule has 2 N–H and O–H groups in total. The summed E-state index contributed by atoms with van der Waals surface area (Å²) in [6.45, 7) is 3.84. The fourth-order valence-corrected chi connectivity index (χ4v) is 1.87. The van der Waals surface area contributed by atoms with E-state index in [9.17, 15) is 4.79 Å². The molecule has 0 aliphatic rings. The zero-order valence-corrected chi connectivity index (χ0v) is 12.2. The highest BCUT2D eigenvalue weighted by atomic mass is 16.5. The van der Waals surface area contributed by atoms with Crippen molar-refractivity contribution in [2.45, 2.75) is 25.9 Å². The summed E-state index contributed by atoms with van der Waals surface area (Å²) in [5.41, 5.74) is 3.66. The van der Waals surface area contributed by atoms with Crippen LogP contribution in [0.15, 0.2) is 29.4 Å². The van der Waals surface area contributed by atoms with Gasteiger partial charge in [-0.2, -0.15) is 10.7 Å². The van der Waals surface area contributed by atoms with Crippen LogP contribution >= 0.6 is 0 Å². The number of nitrogens with one attached hydrogen (secondary N) is 1. The maximum atomic E-state index is 11.5. The van der Waals surface area contributed by atoms with Crippen LogP contribution in [-0.4, -0.2) is 42.5 Å². The van der Waals surface area contributed by atoms with Crippen molar-refractivity contribution < 1.29 is 14.7 Å². The minimum absolute atomic E-state index is 0.0751. The molecule has 0 unspecified atom stereocenters. The van der Waals surface area contributed by atoms with Crippen LogP contribution in [0, 0.1) is 0 Å². The molecule has 0 saturated heterocycles. The Morgan fingerprint density at radius 3 is 2.50 bits per heavy atom. The topological polar surface area (TPSA) is 74.2 Å². The summed E-state index contributed by atoms with van der Waals surface area (Å²) >= 11 is 0. The number of benzene rings is 1. The molecule has 0 aliphatic carbocycles. The van der Waals surface area contributed by atoms with Crippen molar-refractivity contribution in [2.75, 3.05) is 14.2 Å². The van der Waals surface area contributed by atoms with Crippen molar-refractivity contribution in [3.63, 3.8) is 0 Å². The summed E-state index contributed by atoms with van der Waals surface area (Å²) < 4.78 is 4.75. The number of methoxy groups -OCH3 is 1. The molecule has 110 valence electrons. The average Bonchev–Trinajstić information content (AvgIpc) is 2.50. The second-order valence-corrected chi connectivity index (χ2v) is 4.57. The van der Waals surface area contributed by atoms with E-state index in [0.717, 1.165) is 11.1 Å². The van der Waals surface area contributed by atoms with E-state index in [0.29, 0.717) is 0 Å². The molecule has 20 heavy (non-hydrogen) atoms. The zero-order valence-electron chi connectivity index (χ0n) is 12.2. The molecule has 0 saturated carbocycles. The van der Waals surface area contributed by atoms with Crippen LogP contribution in [-0.2, 0) is 9.53 Å². The number of hydrogen-bond acceptors (Lipinski definition) is 6. The second-order valence-electron chi connectivity index (χ2n) is 4.57. The normalized spacial score (nSPS) is 14.3. The lowest BCUT2D eigenvalue weighted by atomic mass is 10.0. The highest BCUT2D eigenvalue weighted by Gasteiger charge is 2.23. The second kappa shape index (κ2) is 7.62. The number of hydrazone groups is 1. The SMILES string of the molecule is COC(=O)[C@H](C)N(C)[C@@H](C)c1ccc(/C=N\NO)cc1. The maximum Gasteiger partial charge on any atom is 0.322 e. The van der Waals surface area contributed by atoms with Gasteiger partial charge in [0.05, 0.1) is 13.3 Å². The molecule has 6 heteroatoms. The summed E-state index contributed by atoms with van der Waals surface area (Å²) in [6.07, 6.45) is 1.51. The molecule has 0 amide bonds. The van der Waals surface area contributed by atoms with Gasteiger partial charge >= 0.3 is 5.97 Å². The number of esters is 1. The van der Waals surface area contributed by atoms with Gasteiger partial charge in [0, 0.05) is 6.04 Å². The first-order valence-electron chi connectivity index (χ1n) is 6.33. The van der Waals surface area contributed by atoms with E-state index < -0.39 is 0 Å². The first kappa shape index (κ1) is 16.1. The monoisotopic (exact) mass is 279 g/mol. The lowest BCUT2D eigenvalue weighted by Gasteiger charge is -2.29. The Morgan fingerprint density at radius 2 is 2.00 bits per heavy atom.